The molecule has 1 amide bonds. The predicted octanol–water partition coefficient (Wildman–Crippen LogP) is 1.88. The number of methoxy groups -OCH3 is 1. The van der Waals surface area contributed by atoms with E-state index >= 15 is 0 Å². The first-order chi connectivity index (χ1) is 13.5. The van der Waals surface area contributed by atoms with E-state index in [-0.39, 0.29) is 28.8 Å². The van der Waals surface area contributed by atoms with Gasteiger partial charge in [0.1, 0.15) is 29.3 Å². The third kappa shape index (κ3) is 4.21. The molecule has 29 heavy (non-hydrogen) atoms. The molecule has 1 heterocycles. The smallest absolute Gasteiger partial charge is 0.408 e. The summed E-state index contributed by atoms with van der Waals surface area (Å²) in [6.07, 6.45) is 1.22. The number of carbonyl (C=O) groups excluding carboxylic acids is 3. The Morgan fingerprint density at radius 3 is 2.69 bits per heavy atom. The SMILES string of the molecule is COC(=O)[C@H](CS[C@H]1C2C(=O)O[C@@H]3CC[C@H](C[C@@H]1C)[C@]23O)NC(=O)OC(C)(C)C. The Morgan fingerprint density at radius 2 is 2.07 bits per heavy atom. The molecule has 2 saturated carbocycles. The van der Waals surface area contributed by atoms with Crippen LogP contribution in [0.5, 0.6) is 0 Å². The van der Waals surface area contributed by atoms with Gasteiger partial charge < -0.3 is 24.6 Å². The van der Waals surface area contributed by atoms with E-state index in [4.69, 9.17) is 14.2 Å². The lowest BCUT2D eigenvalue weighted by Gasteiger charge is -2.44. The number of ether oxygens (including phenoxy) is 3. The second kappa shape index (κ2) is 7.98. The molecule has 0 aromatic carbocycles. The summed E-state index contributed by atoms with van der Waals surface area (Å²) in [6, 6.07) is -0.920. The largest absolute Gasteiger partial charge is 0.467 e. The first-order valence-corrected chi connectivity index (χ1v) is 11.1. The second-order valence-corrected chi connectivity index (χ2v) is 10.5. The van der Waals surface area contributed by atoms with Crippen LogP contribution in [0.4, 0.5) is 4.79 Å². The molecule has 7 atom stereocenters. The van der Waals surface area contributed by atoms with Gasteiger partial charge in [-0.1, -0.05) is 6.92 Å². The van der Waals surface area contributed by atoms with E-state index in [0.717, 1.165) is 12.8 Å². The monoisotopic (exact) mass is 429 g/mol. The van der Waals surface area contributed by atoms with Crippen molar-refractivity contribution in [1.29, 1.82) is 0 Å². The molecule has 0 spiro atoms. The van der Waals surface area contributed by atoms with Crippen LogP contribution in [0.3, 0.4) is 0 Å². The van der Waals surface area contributed by atoms with Crippen molar-refractivity contribution in [2.24, 2.45) is 17.8 Å². The molecule has 0 radical (unpaired) electrons. The lowest BCUT2D eigenvalue weighted by Crippen LogP contribution is -2.56. The summed E-state index contributed by atoms with van der Waals surface area (Å²) in [4.78, 5) is 36.9. The Morgan fingerprint density at radius 1 is 1.38 bits per heavy atom. The van der Waals surface area contributed by atoms with Gasteiger partial charge in [-0.25, -0.2) is 9.59 Å². The van der Waals surface area contributed by atoms with E-state index in [1.165, 1.54) is 18.9 Å². The summed E-state index contributed by atoms with van der Waals surface area (Å²) in [7, 11) is 1.25. The first-order valence-electron chi connectivity index (χ1n) is 10.1. The third-order valence-corrected chi connectivity index (χ3v) is 7.78. The van der Waals surface area contributed by atoms with Crippen LogP contribution in [0.1, 0.15) is 47.0 Å². The van der Waals surface area contributed by atoms with E-state index in [1.54, 1.807) is 20.8 Å². The van der Waals surface area contributed by atoms with Crippen LogP contribution in [0.2, 0.25) is 0 Å². The Kier molecular flexibility index (Phi) is 6.11. The minimum atomic E-state index is -1.12. The zero-order valence-corrected chi connectivity index (χ0v) is 18.4. The summed E-state index contributed by atoms with van der Waals surface area (Å²) in [5.41, 5.74) is -1.82. The quantitative estimate of drug-likeness (QED) is 0.503. The van der Waals surface area contributed by atoms with Gasteiger partial charge in [0.25, 0.3) is 0 Å². The number of amides is 1. The van der Waals surface area contributed by atoms with Crippen LogP contribution in [-0.2, 0) is 23.8 Å². The Labute approximate surface area is 175 Å². The number of nitrogens with one attached hydrogen (secondary N) is 1. The summed E-state index contributed by atoms with van der Waals surface area (Å²) >= 11 is 1.40. The minimum absolute atomic E-state index is 0.0621. The van der Waals surface area contributed by atoms with Crippen LogP contribution in [0.15, 0.2) is 0 Å². The lowest BCUT2D eigenvalue weighted by atomic mass is 9.66. The first kappa shape index (κ1) is 22.2. The molecule has 0 aromatic heterocycles. The molecule has 1 aliphatic heterocycles. The van der Waals surface area contributed by atoms with Gasteiger partial charge in [-0.3, -0.25) is 4.79 Å². The number of esters is 2. The lowest BCUT2D eigenvalue weighted by molar-refractivity contribution is -0.145. The van der Waals surface area contributed by atoms with Gasteiger partial charge in [0.05, 0.1) is 7.11 Å². The van der Waals surface area contributed by atoms with Crippen LogP contribution in [0, 0.1) is 17.8 Å². The molecule has 3 aliphatic rings. The van der Waals surface area contributed by atoms with Crippen molar-refractivity contribution in [2.45, 2.75) is 75.6 Å². The number of hydrogen-bond donors (Lipinski definition) is 2. The van der Waals surface area contributed by atoms with Gasteiger partial charge in [0, 0.05) is 11.0 Å². The van der Waals surface area contributed by atoms with Gasteiger partial charge >= 0.3 is 18.0 Å². The molecule has 2 aliphatic carbocycles. The topological polar surface area (TPSA) is 111 Å². The van der Waals surface area contributed by atoms with Crippen molar-refractivity contribution in [3.05, 3.63) is 0 Å². The van der Waals surface area contributed by atoms with Crippen molar-refractivity contribution in [3.8, 4) is 0 Å². The van der Waals surface area contributed by atoms with Gasteiger partial charge in [-0.05, 0) is 51.9 Å². The highest BCUT2D eigenvalue weighted by molar-refractivity contribution is 8.00. The summed E-state index contributed by atoms with van der Waals surface area (Å²) in [5.74, 6) is -1.13. The maximum Gasteiger partial charge on any atom is 0.408 e. The molecule has 164 valence electrons. The van der Waals surface area contributed by atoms with Crippen molar-refractivity contribution in [3.63, 3.8) is 0 Å². The number of aliphatic hydroxyl groups is 1. The molecule has 3 fully saturated rings. The second-order valence-electron chi connectivity index (χ2n) is 9.30. The molecule has 8 nitrogen and oxygen atoms in total. The average Bonchev–Trinajstić information content (AvgIpc) is 3.05. The molecule has 9 heteroatoms. The van der Waals surface area contributed by atoms with Gasteiger partial charge in [0.15, 0.2) is 0 Å². The molecule has 1 saturated heterocycles. The standard InChI is InChI=1S/C20H31NO7S/c1-10-8-11-6-7-13-20(11,25)14(17(23)27-13)15(10)29-9-12(16(22)26-5)21-18(24)28-19(2,3)4/h10-15,25H,6-9H2,1-5H3,(H,21,24)/t10-,11+,12-,13+,14?,15+,20+/m0/s1. The summed E-state index contributed by atoms with van der Waals surface area (Å²) < 4.78 is 15.5. The number of carbonyl (C=O) groups is 3. The molecular weight excluding hydrogens is 398 g/mol. The van der Waals surface area contributed by atoms with Gasteiger partial charge in [-0.2, -0.15) is 11.8 Å². The highest BCUT2D eigenvalue weighted by Gasteiger charge is 2.68. The van der Waals surface area contributed by atoms with E-state index < -0.39 is 41.3 Å². The molecule has 0 bridgehead atoms. The van der Waals surface area contributed by atoms with Crippen LogP contribution >= 0.6 is 11.8 Å². The maximum absolute atomic E-state index is 12.6. The van der Waals surface area contributed by atoms with Crippen molar-refractivity contribution >= 4 is 29.8 Å². The summed E-state index contributed by atoms with van der Waals surface area (Å²) in [5, 5.41) is 13.7. The van der Waals surface area contributed by atoms with Crippen molar-refractivity contribution in [2.75, 3.05) is 12.9 Å². The van der Waals surface area contributed by atoms with Crippen molar-refractivity contribution in [1.82, 2.24) is 5.32 Å². The van der Waals surface area contributed by atoms with Crippen LogP contribution in [-0.4, -0.2) is 64.6 Å². The van der Waals surface area contributed by atoms with E-state index in [1.807, 2.05) is 0 Å². The highest BCUT2D eigenvalue weighted by atomic mass is 32.2. The zero-order chi connectivity index (χ0) is 21.6. The number of alkyl carbamates (subject to hydrolysis) is 1. The summed E-state index contributed by atoms with van der Waals surface area (Å²) in [6.45, 7) is 7.27. The minimum Gasteiger partial charge on any atom is -0.467 e. The van der Waals surface area contributed by atoms with Gasteiger partial charge in [-0.15, -0.1) is 0 Å². The molecular formula is C20H31NO7S. The van der Waals surface area contributed by atoms with E-state index in [0.29, 0.717) is 6.42 Å². The number of hydrogen-bond acceptors (Lipinski definition) is 8. The molecule has 1 unspecified atom stereocenters. The number of thioether (sulfide) groups is 1. The average molecular weight is 430 g/mol. The Balaban J connectivity index is 1.70. The van der Waals surface area contributed by atoms with Gasteiger partial charge in [0.2, 0.25) is 0 Å². The molecule has 0 aromatic rings. The molecule has 2 N–H and O–H groups in total. The van der Waals surface area contributed by atoms with Crippen molar-refractivity contribution < 1.29 is 33.7 Å². The van der Waals surface area contributed by atoms with E-state index in [9.17, 15) is 19.5 Å². The fraction of sp³-hybridized carbons (Fsp3) is 0.850. The fourth-order valence-corrected chi connectivity index (χ4v) is 6.53. The fourth-order valence-electron chi connectivity index (χ4n) is 4.93. The Hall–Kier alpha value is -1.48. The normalized spacial score (nSPS) is 36.8. The third-order valence-electron chi connectivity index (χ3n) is 6.14. The molecule has 3 rings (SSSR count). The van der Waals surface area contributed by atoms with E-state index in [2.05, 4.69) is 12.2 Å². The highest BCUT2D eigenvalue weighted by Crippen LogP contribution is 2.58. The number of rotatable bonds is 5. The van der Waals surface area contributed by atoms with Crippen LogP contribution in [0.25, 0.3) is 0 Å². The maximum atomic E-state index is 12.6. The zero-order valence-electron chi connectivity index (χ0n) is 17.6. The predicted molar refractivity (Wildman–Crippen MR) is 106 cm³/mol. The Bertz CT molecular complexity index is 678. The van der Waals surface area contributed by atoms with Crippen LogP contribution < -0.4 is 5.32 Å².